The minimum absolute atomic E-state index is 0.0631. The summed E-state index contributed by atoms with van der Waals surface area (Å²) < 4.78 is 0. The van der Waals surface area contributed by atoms with Crippen LogP contribution in [0.3, 0.4) is 0 Å². The molecule has 0 saturated carbocycles. The molecule has 18 heavy (non-hydrogen) atoms. The molecule has 1 amide bonds. The topological polar surface area (TPSA) is 43.8 Å². The van der Waals surface area contributed by atoms with E-state index in [0.29, 0.717) is 5.56 Å². The molecule has 0 spiro atoms. The molecule has 1 aromatic rings. The Morgan fingerprint density at radius 1 is 1.39 bits per heavy atom. The molecule has 1 aliphatic rings. The van der Waals surface area contributed by atoms with Crippen LogP contribution in [0.5, 0.6) is 5.75 Å². The van der Waals surface area contributed by atoms with Crippen molar-refractivity contribution in [1.82, 2.24) is 9.80 Å². The number of piperazine rings is 1. The summed E-state index contributed by atoms with van der Waals surface area (Å²) in [6, 6.07) is 5.14. The van der Waals surface area contributed by atoms with Gasteiger partial charge in [-0.3, -0.25) is 4.79 Å². The Kier molecular flexibility index (Phi) is 3.57. The smallest absolute Gasteiger partial charge is 0.254 e. The van der Waals surface area contributed by atoms with Gasteiger partial charge in [-0.25, -0.2) is 0 Å². The van der Waals surface area contributed by atoms with Crippen molar-refractivity contribution in [2.45, 2.75) is 19.9 Å². The molecule has 1 unspecified atom stereocenters. The second kappa shape index (κ2) is 4.98. The predicted molar refractivity (Wildman–Crippen MR) is 70.8 cm³/mol. The number of nitrogens with zero attached hydrogens (tertiary/aromatic N) is 2. The van der Waals surface area contributed by atoms with Gasteiger partial charge in [-0.1, -0.05) is 0 Å². The van der Waals surface area contributed by atoms with E-state index in [9.17, 15) is 9.90 Å². The Morgan fingerprint density at radius 2 is 2.11 bits per heavy atom. The van der Waals surface area contributed by atoms with Gasteiger partial charge in [0.1, 0.15) is 5.75 Å². The third-order valence-electron chi connectivity index (χ3n) is 3.53. The van der Waals surface area contributed by atoms with Crippen molar-refractivity contribution in [3.63, 3.8) is 0 Å². The number of likely N-dealkylation sites (N-methyl/N-ethyl adjacent to an activating group) is 1. The number of aryl methyl sites for hydroxylation is 1. The van der Waals surface area contributed by atoms with Crippen LogP contribution in [0.15, 0.2) is 18.2 Å². The van der Waals surface area contributed by atoms with E-state index in [1.54, 1.807) is 18.2 Å². The normalized spacial score (nSPS) is 21.1. The molecule has 1 heterocycles. The van der Waals surface area contributed by atoms with Crippen LogP contribution in [-0.2, 0) is 0 Å². The minimum atomic E-state index is 0.0631. The molecule has 1 atom stereocenters. The van der Waals surface area contributed by atoms with E-state index in [1.165, 1.54) is 0 Å². The lowest BCUT2D eigenvalue weighted by molar-refractivity contribution is 0.0533. The SMILES string of the molecule is Cc1cc(O)ccc1C(=O)N1CCN(C)CC1C. The van der Waals surface area contributed by atoms with Crippen LogP contribution in [-0.4, -0.2) is 53.5 Å². The largest absolute Gasteiger partial charge is 0.508 e. The lowest BCUT2D eigenvalue weighted by Crippen LogP contribution is -2.52. The molecule has 98 valence electrons. The van der Waals surface area contributed by atoms with Gasteiger partial charge in [-0.05, 0) is 44.7 Å². The van der Waals surface area contributed by atoms with Crippen molar-refractivity contribution >= 4 is 5.91 Å². The van der Waals surface area contributed by atoms with Crippen molar-refractivity contribution in [3.8, 4) is 5.75 Å². The fourth-order valence-corrected chi connectivity index (χ4v) is 2.48. The van der Waals surface area contributed by atoms with E-state index in [2.05, 4.69) is 18.9 Å². The van der Waals surface area contributed by atoms with E-state index in [-0.39, 0.29) is 17.7 Å². The molecule has 0 aliphatic carbocycles. The van der Waals surface area contributed by atoms with Gasteiger partial charge >= 0.3 is 0 Å². The van der Waals surface area contributed by atoms with Crippen LogP contribution in [0.1, 0.15) is 22.8 Å². The molecule has 2 rings (SSSR count). The number of rotatable bonds is 1. The van der Waals surface area contributed by atoms with E-state index < -0.39 is 0 Å². The minimum Gasteiger partial charge on any atom is -0.508 e. The standard InChI is InChI=1S/C14H20N2O2/c1-10-8-12(17)4-5-13(10)14(18)16-7-6-15(3)9-11(16)2/h4-5,8,11,17H,6-7,9H2,1-3H3. The second-order valence-corrected chi connectivity index (χ2v) is 5.11. The van der Waals surface area contributed by atoms with Gasteiger partial charge < -0.3 is 14.9 Å². The maximum atomic E-state index is 12.5. The van der Waals surface area contributed by atoms with Crippen LogP contribution in [0.4, 0.5) is 0 Å². The number of phenols is 1. The molecule has 4 nitrogen and oxygen atoms in total. The molecular formula is C14H20N2O2. The number of carbonyl (C=O) groups is 1. The Bertz CT molecular complexity index is 459. The van der Waals surface area contributed by atoms with Gasteiger partial charge in [0.15, 0.2) is 0 Å². The van der Waals surface area contributed by atoms with Crippen LogP contribution in [0.2, 0.25) is 0 Å². The number of aromatic hydroxyl groups is 1. The van der Waals surface area contributed by atoms with Crippen molar-refractivity contribution in [2.75, 3.05) is 26.7 Å². The van der Waals surface area contributed by atoms with E-state index in [4.69, 9.17) is 0 Å². The van der Waals surface area contributed by atoms with Gasteiger partial charge in [-0.15, -0.1) is 0 Å². The van der Waals surface area contributed by atoms with Crippen molar-refractivity contribution in [2.24, 2.45) is 0 Å². The van der Waals surface area contributed by atoms with Gasteiger partial charge in [0.25, 0.3) is 5.91 Å². The highest BCUT2D eigenvalue weighted by atomic mass is 16.3. The lowest BCUT2D eigenvalue weighted by Gasteiger charge is -2.38. The van der Waals surface area contributed by atoms with E-state index >= 15 is 0 Å². The maximum Gasteiger partial charge on any atom is 0.254 e. The van der Waals surface area contributed by atoms with Crippen LogP contribution in [0.25, 0.3) is 0 Å². The Labute approximate surface area is 108 Å². The summed E-state index contributed by atoms with van der Waals surface area (Å²) in [5, 5.41) is 9.38. The summed E-state index contributed by atoms with van der Waals surface area (Å²) in [6.45, 7) is 6.50. The van der Waals surface area contributed by atoms with Crippen molar-refractivity contribution in [3.05, 3.63) is 29.3 Å². The first kappa shape index (κ1) is 12.9. The molecular weight excluding hydrogens is 228 g/mol. The molecule has 4 heteroatoms. The molecule has 1 fully saturated rings. The molecule has 0 bridgehead atoms. The quantitative estimate of drug-likeness (QED) is 0.818. The summed E-state index contributed by atoms with van der Waals surface area (Å²) in [5.41, 5.74) is 1.51. The second-order valence-electron chi connectivity index (χ2n) is 5.11. The highest BCUT2D eigenvalue weighted by Crippen LogP contribution is 2.19. The summed E-state index contributed by atoms with van der Waals surface area (Å²) >= 11 is 0. The molecule has 1 saturated heterocycles. The first-order valence-electron chi connectivity index (χ1n) is 6.28. The van der Waals surface area contributed by atoms with Crippen molar-refractivity contribution in [1.29, 1.82) is 0 Å². The third-order valence-corrected chi connectivity index (χ3v) is 3.53. The van der Waals surface area contributed by atoms with Crippen LogP contribution in [0, 0.1) is 6.92 Å². The summed E-state index contributed by atoms with van der Waals surface area (Å²) in [7, 11) is 2.07. The zero-order valence-electron chi connectivity index (χ0n) is 11.2. The van der Waals surface area contributed by atoms with Gasteiger partial charge in [0, 0.05) is 31.2 Å². The molecule has 0 radical (unpaired) electrons. The molecule has 1 aliphatic heterocycles. The average molecular weight is 248 g/mol. The van der Waals surface area contributed by atoms with Crippen LogP contribution < -0.4 is 0 Å². The number of hydrogen-bond donors (Lipinski definition) is 1. The Hall–Kier alpha value is -1.55. The number of amides is 1. The summed E-state index contributed by atoms with van der Waals surface area (Å²) in [5.74, 6) is 0.267. The zero-order valence-corrected chi connectivity index (χ0v) is 11.2. The highest BCUT2D eigenvalue weighted by molar-refractivity contribution is 5.96. The fraction of sp³-hybridized carbons (Fsp3) is 0.500. The zero-order chi connectivity index (χ0) is 13.3. The number of carbonyl (C=O) groups excluding carboxylic acids is 1. The fourth-order valence-electron chi connectivity index (χ4n) is 2.48. The molecule has 1 aromatic carbocycles. The highest BCUT2D eigenvalue weighted by Gasteiger charge is 2.27. The van der Waals surface area contributed by atoms with E-state index in [0.717, 1.165) is 25.2 Å². The maximum absolute atomic E-state index is 12.5. The van der Waals surface area contributed by atoms with Gasteiger partial charge in [0.2, 0.25) is 0 Å². The number of hydrogen-bond acceptors (Lipinski definition) is 3. The predicted octanol–water partition coefficient (Wildman–Crippen LogP) is 1.48. The monoisotopic (exact) mass is 248 g/mol. The van der Waals surface area contributed by atoms with Crippen LogP contribution >= 0.6 is 0 Å². The average Bonchev–Trinajstić information content (AvgIpc) is 2.28. The Morgan fingerprint density at radius 3 is 2.72 bits per heavy atom. The number of benzene rings is 1. The first-order valence-corrected chi connectivity index (χ1v) is 6.28. The number of phenolic OH excluding ortho intramolecular Hbond substituents is 1. The lowest BCUT2D eigenvalue weighted by atomic mass is 10.1. The van der Waals surface area contributed by atoms with E-state index in [1.807, 2.05) is 11.8 Å². The molecule has 0 aromatic heterocycles. The first-order chi connectivity index (χ1) is 8.49. The van der Waals surface area contributed by atoms with Gasteiger partial charge in [-0.2, -0.15) is 0 Å². The molecule has 1 N–H and O–H groups in total. The van der Waals surface area contributed by atoms with Crippen molar-refractivity contribution < 1.29 is 9.90 Å². The summed E-state index contributed by atoms with van der Waals surface area (Å²) in [4.78, 5) is 16.6. The summed E-state index contributed by atoms with van der Waals surface area (Å²) in [6.07, 6.45) is 0. The Balaban J connectivity index is 2.20. The van der Waals surface area contributed by atoms with Gasteiger partial charge in [0.05, 0.1) is 0 Å². The third kappa shape index (κ3) is 2.48.